The minimum Gasteiger partial charge on any atom is -0.481 e. The lowest BCUT2D eigenvalue weighted by Crippen LogP contribution is -2.39. The largest absolute Gasteiger partial charge is 0.481 e. The Morgan fingerprint density at radius 3 is 2.78 bits per heavy atom. The van der Waals surface area contributed by atoms with E-state index in [-0.39, 0.29) is 17.9 Å². The highest BCUT2D eigenvalue weighted by molar-refractivity contribution is 7.13. The fraction of sp³-hybridized carbons (Fsp3) is 0.538. The molecule has 2 N–H and O–H groups in total. The van der Waals surface area contributed by atoms with Crippen molar-refractivity contribution in [2.24, 2.45) is 5.92 Å². The fourth-order valence-corrected chi connectivity index (χ4v) is 3.13. The third kappa shape index (κ3) is 3.10. The Bertz CT molecular complexity index is 455. The quantitative estimate of drug-likeness (QED) is 0.884. The zero-order valence-electron chi connectivity index (χ0n) is 10.3. The van der Waals surface area contributed by atoms with E-state index in [1.165, 1.54) is 11.3 Å². The summed E-state index contributed by atoms with van der Waals surface area (Å²) in [5.74, 6) is -1.14. The van der Waals surface area contributed by atoms with Gasteiger partial charge in [0.1, 0.15) is 0 Å². The van der Waals surface area contributed by atoms with Gasteiger partial charge in [-0.3, -0.25) is 9.59 Å². The van der Waals surface area contributed by atoms with Gasteiger partial charge in [0, 0.05) is 10.9 Å². The van der Waals surface area contributed by atoms with Gasteiger partial charge in [0.25, 0.3) is 5.91 Å². The van der Waals surface area contributed by atoms with Crippen LogP contribution in [0.25, 0.3) is 0 Å². The summed E-state index contributed by atoms with van der Waals surface area (Å²) >= 11 is 1.46. The van der Waals surface area contributed by atoms with Gasteiger partial charge in [-0.2, -0.15) is 0 Å². The number of aryl methyl sites for hydroxylation is 1. The van der Waals surface area contributed by atoms with E-state index in [2.05, 4.69) is 5.32 Å². The van der Waals surface area contributed by atoms with Gasteiger partial charge < -0.3 is 10.4 Å². The molecule has 5 heteroatoms. The first-order valence-electron chi connectivity index (χ1n) is 6.16. The summed E-state index contributed by atoms with van der Waals surface area (Å²) in [6.07, 6.45) is 3.01. The van der Waals surface area contributed by atoms with Crippen molar-refractivity contribution in [1.29, 1.82) is 0 Å². The van der Waals surface area contributed by atoms with Crippen LogP contribution >= 0.6 is 11.3 Å². The molecule has 2 rings (SSSR count). The summed E-state index contributed by atoms with van der Waals surface area (Å²) in [6, 6.07) is 3.72. The predicted molar refractivity (Wildman–Crippen MR) is 69.9 cm³/mol. The van der Waals surface area contributed by atoms with Crippen molar-refractivity contribution in [2.75, 3.05) is 0 Å². The first-order valence-corrected chi connectivity index (χ1v) is 6.98. The minimum atomic E-state index is -0.749. The molecule has 0 aliphatic heterocycles. The van der Waals surface area contributed by atoms with Crippen molar-refractivity contribution in [1.82, 2.24) is 5.32 Å². The van der Waals surface area contributed by atoms with Crippen LogP contribution in [0.1, 0.15) is 40.2 Å². The molecule has 0 saturated heterocycles. The van der Waals surface area contributed by atoms with Crippen LogP contribution in [-0.4, -0.2) is 23.0 Å². The number of amides is 1. The normalized spacial score (nSPS) is 23.6. The molecule has 1 heterocycles. The molecule has 4 nitrogen and oxygen atoms in total. The lowest BCUT2D eigenvalue weighted by atomic mass is 9.86. The Hall–Kier alpha value is -1.36. The predicted octanol–water partition coefficient (Wildman–Crippen LogP) is 2.43. The number of carbonyl (C=O) groups is 2. The Balaban J connectivity index is 1.93. The Morgan fingerprint density at radius 1 is 1.39 bits per heavy atom. The number of thiophene rings is 1. The first kappa shape index (κ1) is 13.1. The van der Waals surface area contributed by atoms with Crippen LogP contribution in [0.15, 0.2) is 12.1 Å². The van der Waals surface area contributed by atoms with Crippen molar-refractivity contribution < 1.29 is 14.7 Å². The maximum atomic E-state index is 12.0. The Labute approximate surface area is 110 Å². The number of nitrogens with one attached hydrogen (secondary N) is 1. The van der Waals surface area contributed by atoms with E-state index in [4.69, 9.17) is 5.11 Å². The van der Waals surface area contributed by atoms with Gasteiger partial charge in [-0.1, -0.05) is 6.42 Å². The molecular formula is C13H17NO3S. The average Bonchev–Trinajstić information content (AvgIpc) is 2.76. The lowest BCUT2D eigenvalue weighted by Gasteiger charge is -2.27. The number of rotatable bonds is 3. The molecule has 1 amide bonds. The number of carboxylic acids is 1. The SMILES string of the molecule is Cc1ccc(C(=O)NC2CCCC(C(=O)O)C2)s1. The highest BCUT2D eigenvalue weighted by Gasteiger charge is 2.28. The van der Waals surface area contributed by atoms with Crippen LogP contribution in [0.3, 0.4) is 0 Å². The fourth-order valence-electron chi connectivity index (χ4n) is 2.36. The van der Waals surface area contributed by atoms with Crippen LogP contribution in [0, 0.1) is 12.8 Å². The number of hydrogen-bond donors (Lipinski definition) is 2. The van der Waals surface area contributed by atoms with Crippen LogP contribution in [0.2, 0.25) is 0 Å². The third-order valence-electron chi connectivity index (χ3n) is 3.32. The molecule has 0 radical (unpaired) electrons. The van der Waals surface area contributed by atoms with Gasteiger partial charge in [-0.15, -0.1) is 11.3 Å². The molecule has 1 aliphatic carbocycles. The summed E-state index contributed by atoms with van der Waals surface area (Å²) in [7, 11) is 0. The molecule has 2 unspecified atom stereocenters. The molecule has 1 aliphatic rings. The maximum absolute atomic E-state index is 12.0. The zero-order chi connectivity index (χ0) is 13.1. The van der Waals surface area contributed by atoms with Gasteiger partial charge in [0.05, 0.1) is 10.8 Å². The van der Waals surface area contributed by atoms with Gasteiger partial charge in [-0.05, 0) is 38.3 Å². The molecule has 1 aromatic heterocycles. The molecular weight excluding hydrogens is 250 g/mol. The molecule has 18 heavy (non-hydrogen) atoms. The highest BCUT2D eigenvalue weighted by Crippen LogP contribution is 2.25. The van der Waals surface area contributed by atoms with Crippen molar-refractivity contribution in [3.8, 4) is 0 Å². The smallest absolute Gasteiger partial charge is 0.306 e. The van der Waals surface area contributed by atoms with Crippen molar-refractivity contribution >= 4 is 23.2 Å². The number of hydrogen-bond acceptors (Lipinski definition) is 3. The van der Waals surface area contributed by atoms with E-state index in [1.807, 2.05) is 19.1 Å². The van der Waals surface area contributed by atoms with Crippen molar-refractivity contribution in [3.05, 3.63) is 21.9 Å². The number of carbonyl (C=O) groups excluding carboxylic acids is 1. The van der Waals surface area contributed by atoms with E-state index in [0.29, 0.717) is 11.3 Å². The van der Waals surface area contributed by atoms with E-state index in [1.54, 1.807) is 0 Å². The maximum Gasteiger partial charge on any atom is 0.306 e. The van der Waals surface area contributed by atoms with Gasteiger partial charge in [0.2, 0.25) is 0 Å². The Kier molecular flexibility index (Phi) is 4.01. The topological polar surface area (TPSA) is 66.4 Å². The van der Waals surface area contributed by atoms with E-state index < -0.39 is 5.97 Å². The second kappa shape index (κ2) is 5.52. The number of aliphatic carboxylic acids is 1. The molecule has 0 bridgehead atoms. The van der Waals surface area contributed by atoms with Crippen molar-refractivity contribution in [2.45, 2.75) is 38.6 Å². The minimum absolute atomic E-state index is 0.00486. The molecule has 0 aromatic carbocycles. The highest BCUT2D eigenvalue weighted by atomic mass is 32.1. The first-order chi connectivity index (χ1) is 8.56. The van der Waals surface area contributed by atoms with Crippen LogP contribution in [-0.2, 0) is 4.79 Å². The van der Waals surface area contributed by atoms with E-state index >= 15 is 0 Å². The second-order valence-corrected chi connectivity index (χ2v) is 6.07. The van der Waals surface area contributed by atoms with Crippen LogP contribution in [0.5, 0.6) is 0 Å². The Morgan fingerprint density at radius 2 is 2.17 bits per heavy atom. The third-order valence-corrected chi connectivity index (χ3v) is 4.32. The van der Waals surface area contributed by atoms with Gasteiger partial charge in [-0.25, -0.2) is 0 Å². The molecule has 98 valence electrons. The second-order valence-electron chi connectivity index (χ2n) is 4.78. The molecule has 1 fully saturated rings. The lowest BCUT2D eigenvalue weighted by molar-refractivity contribution is -0.143. The summed E-state index contributed by atoms with van der Waals surface area (Å²) < 4.78 is 0. The number of carboxylic acid groups (broad SMARTS) is 1. The van der Waals surface area contributed by atoms with Crippen LogP contribution in [0.4, 0.5) is 0 Å². The summed E-state index contributed by atoms with van der Waals surface area (Å²) in [5, 5.41) is 11.9. The van der Waals surface area contributed by atoms with Gasteiger partial charge >= 0.3 is 5.97 Å². The standard InChI is InChI=1S/C13H17NO3S/c1-8-5-6-11(18-8)12(15)14-10-4-2-3-9(7-10)13(16)17/h5-6,9-10H,2-4,7H2,1H3,(H,14,15)(H,16,17). The van der Waals surface area contributed by atoms with Crippen LogP contribution < -0.4 is 5.32 Å². The van der Waals surface area contributed by atoms with E-state index in [0.717, 1.165) is 24.1 Å². The molecule has 1 saturated carbocycles. The summed E-state index contributed by atoms with van der Waals surface area (Å²) in [5.41, 5.74) is 0. The monoisotopic (exact) mass is 267 g/mol. The van der Waals surface area contributed by atoms with Gasteiger partial charge in [0.15, 0.2) is 0 Å². The van der Waals surface area contributed by atoms with Crippen molar-refractivity contribution in [3.63, 3.8) is 0 Å². The molecule has 2 atom stereocenters. The zero-order valence-corrected chi connectivity index (χ0v) is 11.1. The molecule has 1 aromatic rings. The molecule has 0 spiro atoms. The average molecular weight is 267 g/mol. The summed E-state index contributed by atoms with van der Waals surface area (Å²) in [6.45, 7) is 1.96. The summed E-state index contributed by atoms with van der Waals surface area (Å²) in [4.78, 5) is 24.7. The van der Waals surface area contributed by atoms with E-state index in [9.17, 15) is 9.59 Å².